The van der Waals surface area contributed by atoms with Crippen LogP contribution in [-0.4, -0.2) is 11.0 Å². The standard InChI is InChI=1S/C8H8N4O/c1-6-2-4-7(5-3-6)8(11-13)10-12-9/h2-5,13H,1H3/b11-8-. The van der Waals surface area contributed by atoms with Crippen molar-refractivity contribution >= 4 is 5.84 Å². The monoisotopic (exact) mass is 176 g/mol. The van der Waals surface area contributed by atoms with Gasteiger partial charge >= 0.3 is 0 Å². The molecule has 0 amide bonds. The molecule has 1 aromatic rings. The predicted octanol–water partition coefficient (Wildman–Crippen LogP) is 2.44. The van der Waals surface area contributed by atoms with Crippen LogP contribution in [0.5, 0.6) is 0 Å². The summed E-state index contributed by atoms with van der Waals surface area (Å²) in [5.74, 6) is -0.0255. The van der Waals surface area contributed by atoms with Crippen LogP contribution in [0, 0.1) is 6.92 Å². The molecule has 0 saturated carbocycles. The molecule has 66 valence electrons. The number of benzene rings is 1. The number of hydrogen-bond donors (Lipinski definition) is 1. The number of oxime groups is 1. The SMILES string of the molecule is Cc1ccc(/C(N=[N+]=[N-])=N/O)cc1. The number of nitrogens with zero attached hydrogens (tertiary/aromatic N) is 4. The molecule has 0 unspecified atom stereocenters. The average Bonchev–Trinajstić information content (AvgIpc) is 2.16. The highest BCUT2D eigenvalue weighted by Crippen LogP contribution is 2.05. The topological polar surface area (TPSA) is 81.4 Å². The number of rotatable bonds is 1. The van der Waals surface area contributed by atoms with Gasteiger partial charge in [0, 0.05) is 10.5 Å². The minimum absolute atomic E-state index is 0.0255. The third-order valence-corrected chi connectivity index (χ3v) is 1.54. The van der Waals surface area contributed by atoms with Crippen LogP contribution in [0.2, 0.25) is 0 Å². The Kier molecular flexibility index (Phi) is 2.89. The van der Waals surface area contributed by atoms with Gasteiger partial charge in [0.05, 0.1) is 0 Å². The van der Waals surface area contributed by atoms with Crippen molar-refractivity contribution in [1.29, 1.82) is 0 Å². The fourth-order valence-corrected chi connectivity index (χ4v) is 0.880. The zero-order chi connectivity index (χ0) is 9.68. The largest absolute Gasteiger partial charge is 0.410 e. The van der Waals surface area contributed by atoms with Gasteiger partial charge in [0.15, 0.2) is 5.84 Å². The highest BCUT2D eigenvalue weighted by atomic mass is 16.4. The summed E-state index contributed by atoms with van der Waals surface area (Å²) in [5.41, 5.74) is 9.82. The van der Waals surface area contributed by atoms with Crippen molar-refractivity contribution in [2.75, 3.05) is 0 Å². The van der Waals surface area contributed by atoms with E-state index in [2.05, 4.69) is 15.2 Å². The van der Waals surface area contributed by atoms with Crippen LogP contribution in [0.3, 0.4) is 0 Å². The van der Waals surface area contributed by atoms with Crippen LogP contribution in [0.15, 0.2) is 34.5 Å². The molecule has 5 nitrogen and oxygen atoms in total. The molecule has 13 heavy (non-hydrogen) atoms. The van der Waals surface area contributed by atoms with Crippen LogP contribution in [-0.2, 0) is 0 Å². The van der Waals surface area contributed by atoms with Gasteiger partial charge in [-0.2, -0.15) is 0 Å². The van der Waals surface area contributed by atoms with Gasteiger partial charge in [0.1, 0.15) is 0 Å². The van der Waals surface area contributed by atoms with Gasteiger partial charge in [-0.15, -0.1) is 0 Å². The smallest absolute Gasteiger partial charge is 0.173 e. The Labute approximate surface area is 74.9 Å². The van der Waals surface area contributed by atoms with Crippen LogP contribution < -0.4 is 0 Å². The molecular formula is C8H8N4O. The molecule has 1 rings (SSSR count). The van der Waals surface area contributed by atoms with Crippen LogP contribution in [0.4, 0.5) is 0 Å². The molecule has 0 atom stereocenters. The van der Waals surface area contributed by atoms with Gasteiger partial charge in [-0.1, -0.05) is 35.0 Å². The molecule has 0 aliphatic rings. The second kappa shape index (κ2) is 4.13. The second-order valence-corrected chi connectivity index (χ2v) is 2.48. The fourth-order valence-electron chi connectivity index (χ4n) is 0.880. The van der Waals surface area contributed by atoms with Crippen molar-refractivity contribution in [3.63, 3.8) is 0 Å². The van der Waals surface area contributed by atoms with Gasteiger partial charge in [-0.05, 0) is 17.6 Å². The van der Waals surface area contributed by atoms with E-state index < -0.39 is 0 Å². The van der Waals surface area contributed by atoms with E-state index in [0.717, 1.165) is 5.56 Å². The third kappa shape index (κ3) is 2.21. The van der Waals surface area contributed by atoms with E-state index in [4.69, 9.17) is 10.7 Å². The predicted molar refractivity (Wildman–Crippen MR) is 48.6 cm³/mol. The van der Waals surface area contributed by atoms with E-state index in [0.29, 0.717) is 5.56 Å². The summed E-state index contributed by atoms with van der Waals surface area (Å²) in [6, 6.07) is 7.12. The number of amidine groups is 1. The fraction of sp³-hybridized carbons (Fsp3) is 0.125. The van der Waals surface area contributed by atoms with Crippen LogP contribution >= 0.6 is 0 Å². The van der Waals surface area contributed by atoms with Crippen molar-refractivity contribution in [2.24, 2.45) is 10.3 Å². The number of hydrogen-bond acceptors (Lipinski definition) is 2. The molecule has 0 bridgehead atoms. The Hall–Kier alpha value is -2.00. The molecule has 0 fully saturated rings. The molecule has 0 spiro atoms. The summed E-state index contributed by atoms with van der Waals surface area (Å²) < 4.78 is 0. The molecule has 0 aromatic heterocycles. The van der Waals surface area contributed by atoms with Gasteiger partial charge in [0.2, 0.25) is 0 Å². The molecule has 0 heterocycles. The lowest BCUT2D eigenvalue weighted by Crippen LogP contribution is -1.94. The number of azide groups is 1. The second-order valence-electron chi connectivity index (χ2n) is 2.48. The molecule has 0 radical (unpaired) electrons. The first-order chi connectivity index (χ1) is 6.27. The normalized spacial score (nSPS) is 10.7. The van der Waals surface area contributed by atoms with Gasteiger partial charge in [-0.3, -0.25) is 0 Å². The third-order valence-electron chi connectivity index (χ3n) is 1.54. The van der Waals surface area contributed by atoms with E-state index in [9.17, 15) is 0 Å². The summed E-state index contributed by atoms with van der Waals surface area (Å²) in [7, 11) is 0. The lowest BCUT2D eigenvalue weighted by molar-refractivity contribution is 0.318. The van der Waals surface area contributed by atoms with E-state index in [-0.39, 0.29) is 5.84 Å². The zero-order valence-corrected chi connectivity index (χ0v) is 7.05. The maximum Gasteiger partial charge on any atom is 0.173 e. The maximum atomic E-state index is 8.50. The Morgan fingerprint density at radius 3 is 2.46 bits per heavy atom. The Bertz CT molecular complexity index is 362. The molecule has 0 aliphatic carbocycles. The van der Waals surface area contributed by atoms with E-state index >= 15 is 0 Å². The van der Waals surface area contributed by atoms with E-state index in [1.54, 1.807) is 12.1 Å². The van der Waals surface area contributed by atoms with Crippen LogP contribution in [0.25, 0.3) is 10.4 Å². The maximum absolute atomic E-state index is 8.50. The number of aryl methyl sites for hydroxylation is 1. The first-order valence-electron chi connectivity index (χ1n) is 3.62. The first kappa shape index (κ1) is 9.09. The Balaban J connectivity index is 3.07. The highest BCUT2D eigenvalue weighted by molar-refractivity contribution is 5.98. The molecule has 0 aliphatic heterocycles. The van der Waals surface area contributed by atoms with Gasteiger partial charge < -0.3 is 5.21 Å². The zero-order valence-electron chi connectivity index (χ0n) is 7.05. The lowest BCUT2D eigenvalue weighted by Gasteiger charge is -1.97. The molecule has 1 aromatic carbocycles. The molecule has 0 saturated heterocycles. The van der Waals surface area contributed by atoms with Gasteiger partial charge in [0.25, 0.3) is 0 Å². The van der Waals surface area contributed by atoms with Crippen LogP contribution in [0.1, 0.15) is 11.1 Å². The van der Waals surface area contributed by atoms with Crippen molar-refractivity contribution in [2.45, 2.75) is 6.92 Å². The van der Waals surface area contributed by atoms with Crippen molar-refractivity contribution in [1.82, 2.24) is 0 Å². The highest BCUT2D eigenvalue weighted by Gasteiger charge is 1.99. The summed E-state index contributed by atoms with van der Waals surface area (Å²) >= 11 is 0. The summed E-state index contributed by atoms with van der Waals surface area (Å²) in [4.78, 5) is 2.54. The molecule has 1 N–H and O–H groups in total. The molecule has 5 heteroatoms. The van der Waals surface area contributed by atoms with Crippen molar-refractivity contribution in [3.8, 4) is 0 Å². The first-order valence-corrected chi connectivity index (χ1v) is 3.62. The molecular weight excluding hydrogens is 168 g/mol. The van der Waals surface area contributed by atoms with E-state index in [1.807, 2.05) is 19.1 Å². The Morgan fingerprint density at radius 1 is 1.38 bits per heavy atom. The minimum Gasteiger partial charge on any atom is -0.410 e. The Morgan fingerprint density at radius 2 is 2.00 bits per heavy atom. The average molecular weight is 176 g/mol. The van der Waals surface area contributed by atoms with E-state index in [1.165, 1.54) is 0 Å². The van der Waals surface area contributed by atoms with Gasteiger partial charge in [-0.25, -0.2) is 0 Å². The summed E-state index contributed by atoms with van der Waals surface area (Å²) in [6.45, 7) is 1.94. The quantitative estimate of drug-likeness (QED) is 0.133. The summed E-state index contributed by atoms with van der Waals surface area (Å²) in [6.07, 6.45) is 0. The van der Waals surface area contributed by atoms with Crippen molar-refractivity contribution < 1.29 is 5.21 Å². The minimum atomic E-state index is -0.0255. The lowest BCUT2D eigenvalue weighted by atomic mass is 10.1. The summed E-state index contributed by atoms with van der Waals surface area (Å²) in [5, 5.41) is 14.6. The van der Waals surface area contributed by atoms with Crippen molar-refractivity contribution in [3.05, 3.63) is 45.8 Å².